The molecule has 19 heavy (non-hydrogen) atoms. The van der Waals surface area contributed by atoms with Crippen molar-refractivity contribution < 1.29 is 4.79 Å². The van der Waals surface area contributed by atoms with E-state index in [0.29, 0.717) is 18.2 Å². The Labute approximate surface area is 113 Å². The van der Waals surface area contributed by atoms with Crippen molar-refractivity contribution in [3.05, 3.63) is 11.9 Å². The molecule has 0 aromatic carbocycles. The number of hydrogen-bond acceptors (Lipinski definition) is 4. The van der Waals surface area contributed by atoms with Crippen molar-refractivity contribution in [2.75, 3.05) is 6.54 Å². The molecule has 1 amide bonds. The average molecular weight is 265 g/mol. The minimum atomic E-state index is -0.00769. The first-order chi connectivity index (χ1) is 9.17. The van der Waals surface area contributed by atoms with E-state index in [0.717, 1.165) is 12.5 Å². The fraction of sp³-hybridized carbons (Fsp3) is 0.769. The smallest absolute Gasteiger partial charge is 0.241 e. The molecular weight excluding hydrogens is 242 g/mol. The predicted molar refractivity (Wildman–Crippen MR) is 72.0 cm³/mol. The number of carbonyl (C=O) groups excluding carboxylic acids is 1. The zero-order valence-electron chi connectivity index (χ0n) is 11.5. The third kappa shape index (κ3) is 4.31. The first-order valence-corrected chi connectivity index (χ1v) is 7.03. The van der Waals surface area contributed by atoms with Gasteiger partial charge in [0, 0.05) is 13.1 Å². The Morgan fingerprint density at radius 1 is 1.58 bits per heavy atom. The van der Waals surface area contributed by atoms with Gasteiger partial charge in [-0.15, -0.1) is 5.10 Å². The van der Waals surface area contributed by atoms with Crippen LogP contribution in [0.4, 0.5) is 0 Å². The van der Waals surface area contributed by atoms with Gasteiger partial charge in [0.25, 0.3) is 0 Å². The van der Waals surface area contributed by atoms with Crippen molar-refractivity contribution in [2.24, 2.45) is 17.6 Å². The van der Waals surface area contributed by atoms with E-state index < -0.39 is 0 Å². The first kappa shape index (κ1) is 14.0. The maximum Gasteiger partial charge on any atom is 0.241 e. The summed E-state index contributed by atoms with van der Waals surface area (Å²) < 4.78 is 1.53. The van der Waals surface area contributed by atoms with Gasteiger partial charge in [-0.2, -0.15) is 0 Å². The Kier molecular flexibility index (Phi) is 4.90. The van der Waals surface area contributed by atoms with Crippen molar-refractivity contribution in [1.82, 2.24) is 20.3 Å². The Balaban J connectivity index is 1.72. The molecule has 1 saturated carbocycles. The third-order valence-electron chi connectivity index (χ3n) is 3.73. The van der Waals surface area contributed by atoms with Gasteiger partial charge >= 0.3 is 0 Å². The molecule has 1 aliphatic carbocycles. The lowest BCUT2D eigenvalue weighted by molar-refractivity contribution is -0.122. The molecule has 0 bridgehead atoms. The van der Waals surface area contributed by atoms with Crippen LogP contribution in [-0.2, 0) is 17.9 Å². The Morgan fingerprint density at radius 2 is 2.42 bits per heavy atom. The number of amides is 1. The second-order valence-corrected chi connectivity index (χ2v) is 5.55. The molecule has 2 unspecified atom stereocenters. The van der Waals surface area contributed by atoms with Gasteiger partial charge in [0.2, 0.25) is 5.91 Å². The molecular formula is C13H23N5O. The van der Waals surface area contributed by atoms with Crippen molar-refractivity contribution in [1.29, 1.82) is 0 Å². The lowest BCUT2D eigenvalue weighted by atomic mass is 9.82. The molecule has 106 valence electrons. The van der Waals surface area contributed by atoms with Crippen LogP contribution in [0.1, 0.15) is 38.3 Å². The molecule has 0 saturated heterocycles. The fourth-order valence-corrected chi connectivity index (χ4v) is 2.72. The van der Waals surface area contributed by atoms with Crippen LogP contribution in [0.5, 0.6) is 0 Å². The minimum absolute atomic E-state index is 0.00769. The lowest BCUT2D eigenvalue weighted by Crippen LogP contribution is -2.33. The van der Waals surface area contributed by atoms with Crippen molar-refractivity contribution in [3.8, 4) is 0 Å². The molecule has 0 aliphatic heterocycles. The highest BCUT2D eigenvalue weighted by atomic mass is 16.2. The van der Waals surface area contributed by atoms with Crippen LogP contribution in [0.3, 0.4) is 0 Å². The average Bonchev–Trinajstić information content (AvgIpc) is 2.84. The van der Waals surface area contributed by atoms with Gasteiger partial charge in [0.15, 0.2) is 0 Å². The van der Waals surface area contributed by atoms with E-state index in [4.69, 9.17) is 5.73 Å². The predicted octanol–water partition coefficient (Wildman–Crippen LogP) is 0.679. The molecule has 1 heterocycles. The quantitative estimate of drug-likeness (QED) is 0.819. The summed E-state index contributed by atoms with van der Waals surface area (Å²) in [6.45, 7) is 3.64. The molecule has 0 radical (unpaired) electrons. The van der Waals surface area contributed by atoms with E-state index in [2.05, 4.69) is 22.6 Å². The molecule has 6 nitrogen and oxygen atoms in total. The van der Waals surface area contributed by atoms with E-state index in [9.17, 15) is 4.79 Å². The SMILES string of the molecule is CC1CCCC(CNC(=O)Cn2cc(CN)nn2)C1. The van der Waals surface area contributed by atoms with Crippen LogP contribution < -0.4 is 11.1 Å². The van der Waals surface area contributed by atoms with Crippen molar-refractivity contribution >= 4 is 5.91 Å². The van der Waals surface area contributed by atoms with Crippen LogP contribution in [0.2, 0.25) is 0 Å². The van der Waals surface area contributed by atoms with E-state index in [-0.39, 0.29) is 12.5 Å². The van der Waals surface area contributed by atoms with Gasteiger partial charge < -0.3 is 11.1 Å². The molecule has 2 rings (SSSR count). The van der Waals surface area contributed by atoms with Gasteiger partial charge in [-0.3, -0.25) is 4.79 Å². The highest BCUT2D eigenvalue weighted by Crippen LogP contribution is 2.27. The molecule has 1 aromatic heterocycles. The molecule has 6 heteroatoms. The summed E-state index contributed by atoms with van der Waals surface area (Å²) in [6, 6.07) is 0. The summed E-state index contributed by atoms with van der Waals surface area (Å²) in [6.07, 6.45) is 6.77. The number of hydrogen-bond donors (Lipinski definition) is 2. The van der Waals surface area contributed by atoms with Crippen LogP contribution >= 0.6 is 0 Å². The van der Waals surface area contributed by atoms with Gasteiger partial charge in [0.1, 0.15) is 6.54 Å². The maximum atomic E-state index is 11.8. The maximum absolute atomic E-state index is 11.8. The Bertz CT molecular complexity index is 417. The summed E-state index contributed by atoms with van der Waals surface area (Å²) >= 11 is 0. The minimum Gasteiger partial charge on any atom is -0.354 e. The van der Waals surface area contributed by atoms with Gasteiger partial charge in [0.05, 0.1) is 11.9 Å². The van der Waals surface area contributed by atoms with E-state index >= 15 is 0 Å². The summed E-state index contributed by atoms with van der Waals surface area (Å²) in [5.74, 6) is 1.41. The normalized spacial score (nSPS) is 23.3. The van der Waals surface area contributed by atoms with Crippen LogP contribution in [0.25, 0.3) is 0 Å². The van der Waals surface area contributed by atoms with Gasteiger partial charge in [-0.25, -0.2) is 4.68 Å². The van der Waals surface area contributed by atoms with Crippen LogP contribution in [0, 0.1) is 11.8 Å². The largest absolute Gasteiger partial charge is 0.354 e. The van der Waals surface area contributed by atoms with Crippen LogP contribution in [0.15, 0.2) is 6.20 Å². The van der Waals surface area contributed by atoms with Crippen molar-refractivity contribution in [3.63, 3.8) is 0 Å². The Hall–Kier alpha value is -1.43. The number of aromatic nitrogens is 3. The lowest BCUT2D eigenvalue weighted by Gasteiger charge is -2.26. The monoisotopic (exact) mass is 265 g/mol. The standard InChI is InChI=1S/C13H23N5O/c1-10-3-2-4-11(5-10)7-15-13(19)9-18-8-12(6-14)16-17-18/h8,10-11H,2-7,9,14H2,1H3,(H,15,19). The molecule has 2 atom stereocenters. The van der Waals surface area contributed by atoms with E-state index in [1.165, 1.54) is 30.4 Å². The molecule has 1 aromatic rings. The number of nitrogens with two attached hydrogens (primary N) is 1. The zero-order chi connectivity index (χ0) is 13.7. The number of nitrogens with one attached hydrogen (secondary N) is 1. The molecule has 0 spiro atoms. The number of rotatable bonds is 5. The summed E-state index contributed by atoms with van der Waals surface area (Å²) in [7, 11) is 0. The zero-order valence-corrected chi connectivity index (χ0v) is 11.5. The van der Waals surface area contributed by atoms with Crippen LogP contribution in [-0.4, -0.2) is 27.4 Å². The van der Waals surface area contributed by atoms with Crippen molar-refractivity contribution in [2.45, 2.75) is 45.7 Å². The first-order valence-electron chi connectivity index (χ1n) is 7.03. The molecule has 1 fully saturated rings. The summed E-state index contributed by atoms with van der Waals surface area (Å²) in [4.78, 5) is 11.8. The second kappa shape index (κ2) is 6.65. The summed E-state index contributed by atoms with van der Waals surface area (Å²) in [5.41, 5.74) is 6.15. The fourth-order valence-electron chi connectivity index (χ4n) is 2.72. The van der Waals surface area contributed by atoms with E-state index in [1.807, 2.05) is 0 Å². The second-order valence-electron chi connectivity index (χ2n) is 5.55. The third-order valence-corrected chi connectivity index (χ3v) is 3.73. The van der Waals surface area contributed by atoms with Gasteiger partial charge in [-0.05, 0) is 24.7 Å². The van der Waals surface area contributed by atoms with Gasteiger partial charge in [-0.1, -0.05) is 25.0 Å². The Morgan fingerprint density at radius 3 is 3.11 bits per heavy atom. The number of carbonyl (C=O) groups is 1. The topological polar surface area (TPSA) is 85.8 Å². The summed E-state index contributed by atoms with van der Waals surface area (Å²) in [5, 5.41) is 10.7. The molecule has 3 N–H and O–H groups in total. The molecule has 1 aliphatic rings. The highest BCUT2D eigenvalue weighted by molar-refractivity contribution is 5.75. The number of nitrogens with zero attached hydrogens (tertiary/aromatic N) is 3. The van der Waals surface area contributed by atoms with E-state index in [1.54, 1.807) is 6.20 Å². The highest BCUT2D eigenvalue weighted by Gasteiger charge is 2.19.